The monoisotopic (exact) mass is 352 g/mol. The molecule has 0 amide bonds. The fourth-order valence-electron chi connectivity index (χ4n) is 2.84. The summed E-state index contributed by atoms with van der Waals surface area (Å²) < 4.78 is 11.5. The zero-order valence-electron chi connectivity index (χ0n) is 15.0. The maximum absolute atomic E-state index is 12.8. The summed E-state index contributed by atoms with van der Waals surface area (Å²) in [6.07, 6.45) is 2.44. The summed E-state index contributed by atoms with van der Waals surface area (Å²) in [6.45, 7) is 2.25. The molecule has 0 fully saturated rings. The molecule has 3 aromatic rings. The Morgan fingerprint density at radius 3 is 2.54 bits per heavy atom. The highest BCUT2D eigenvalue weighted by atomic mass is 16.5. The molecule has 0 radical (unpaired) electrons. The van der Waals surface area contributed by atoms with Gasteiger partial charge in [-0.3, -0.25) is 9.78 Å². The molecule has 0 unspecified atom stereocenters. The number of pyridine rings is 2. The van der Waals surface area contributed by atoms with E-state index in [1.807, 2.05) is 24.3 Å². The molecule has 0 aliphatic rings. The molecule has 6 heteroatoms. The molecule has 6 nitrogen and oxygen atoms in total. The van der Waals surface area contributed by atoms with Crippen molar-refractivity contribution >= 4 is 16.9 Å². The molecule has 0 aliphatic heterocycles. The molecule has 1 aromatic carbocycles. The van der Waals surface area contributed by atoms with E-state index < -0.39 is 5.97 Å². The van der Waals surface area contributed by atoms with Gasteiger partial charge in [-0.05, 0) is 43.2 Å². The summed E-state index contributed by atoms with van der Waals surface area (Å²) in [5, 5.41) is 0.410. The van der Waals surface area contributed by atoms with Crippen LogP contribution in [0, 0.1) is 6.92 Å². The second kappa shape index (κ2) is 7.39. The number of esters is 1. The van der Waals surface area contributed by atoms with E-state index >= 15 is 0 Å². The van der Waals surface area contributed by atoms with Crippen molar-refractivity contribution in [1.82, 2.24) is 9.55 Å². The topological polar surface area (TPSA) is 70.4 Å². The van der Waals surface area contributed by atoms with Crippen molar-refractivity contribution in [2.45, 2.75) is 19.9 Å². The Labute approximate surface area is 151 Å². The van der Waals surface area contributed by atoms with Gasteiger partial charge in [-0.1, -0.05) is 12.1 Å². The lowest BCUT2D eigenvalue weighted by Gasteiger charge is -2.10. The van der Waals surface area contributed by atoms with E-state index in [1.165, 1.54) is 7.11 Å². The quantitative estimate of drug-likeness (QED) is 0.660. The lowest BCUT2D eigenvalue weighted by Crippen LogP contribution is -2.21. The van der Waals surface area contributed by atoms with Crippen molar-refractivity contribution in [3.63, 3.8) is 0 Å². The van der Waals surface area contributed by atoms with Gasteiger partial charge in [0, 0.05) is 12.7 Å². The highest BCUT2D eigenvalue weighted by Gasteiger charge is 2.14. The maximum atomic E-state index is 12.8. The van der Waals surface area contributed by atoms with E-state index in [9.17, 15) is 9.59 Å². The molecule has 0 saturated heterocycles. The van der Waals surface area contributed by atoms with Crippen LogP contribution in [0.3, 0.4) is 0 Å². The molecule has 26 heavy (non-hydrogen) atoms. The minimum atomic E-state index is -0.495. The first-order valence-electron chi connectivity index (χ1n) is 8.25. The summed E-state index contributed by atoms with van der Waals surface area (Å²) in [5.74, 6) is 0.304. The molecule has 2 aromatic heterocycles. The molecule has 3 rings (SSSR count). The van der Waals surface area contributed by atoms with Gasteiger partial charge in [0.1, 0.15) is 5.75 Å². The minimum Gasteiger partial charge on any atom is -0.497 e. The van der Waals surface area contributed by atoms with E-state index in [1.54, 1.807) is 36.9 Å². The first-order valence-corrected chi connectivity index (χ1v) is 8.25. The van der Waals surface area contributed by atoms with Crippen LogP contribution in [0.15, 0.2) is 47.4 Å². The number of ether oxygens (including phenoxy) is 2. The van der Waals surface area contributed by atoms with Gasteiger partial charge in [-0.15, -0.1) is 0 Å². The zero-order valence-corrected chi connectivity index (χ0v) is 15.0. The number of nitrogens with zero attached hydrogens (tertiary/aromatic N) is 2. The van der Waals surface area contributed by atoms with Crippen LogP contribution < -0.4 is 10.3 Å². The van der Waals surface area contributed by atoms with Gasteiger partial charge < -0.3 is 14.0 Å². The number of aryl methyl sites for hydroxylation is 3. The van der Waals surface area contributed by atoms with Gasteiger partial charge in [-0.25, -0.2) is 4.79 Å². The van der Waals surface area contributed by atoms with Crippen LogP contribution in [0.25, 0.3) is 10.9 Å². The molecule has 0 bridgehead atoms. The summed E-state index contributed by atoms with van der Waals surface area (Å²) in [5.41, 5.74) is 2.36. The van der Waals surface area contributed by atoms with E-state index in [-0.39, 0.29) is 5.56 Å². The summed E-state index contributed by atoms with van der Waals surface area (Å²) in [7, 11) is 2.94. The third-order valence-corrected chi connectivity index (χ3v) is 4.35. The Morgan fingerprint density at radius 2 is 1.88 bits per heavy atom. The molecule has 0 atom stereocenters. The molecule has 0 aliphatic carbocycles. The number of benzene rings is 1. The molecule has 2 heterocycles. The zero-order chi connectivity index (χ0) is 18.7. The van der Waals surface area contributed by atoms with Crippen molar-refractivity contribution in [2.75, 3.05) is 14.2 Å². The molecular weight excluding hydrogens is 332 g/mol. The molecule has 0 spiro atoms. The molecular formula is C20H20N2O4. The van der Waals surface area contributed by atoms with Gasteiger partial charge in [-0.2, -0.15) is 0 Å². The van der Waals surface area contributed by atoms with Crippen LogP contribution in [0.1, 0.15) is 21.6 Å². The van der Waals surface area contributed by atoms with Crippen molar-refractivity contribution in [3.8, 4) is 5.75 Å². The van der Waals surface area contributed by atoms with E-state index in [0.29, 0.717) is 35.1 Å². The van der Waals surface area contributed by atoms with Crippen LogP contribution in [0.4, 0.5) is 0 Å². The highest BCUT2D eigenvalue weighted by molar-refractivity contribution is 5.94. The van der Waals surface area contributed by atoms with Crippen molar-refractivity contribution in [3.05, 3.63) is 69.8 Å². The van der Waals surface area contributed by atoms with Crippen LogP contribution in [-0.4, -0.2) is 29.7 Å². The molecule has 0 saturated carbocycles. The van der Waals surface area contributed by atoms with Gasteiger partial charge in [0.2, 0.25) is 0 Å². The number of aromatic nitrogens is 2. The number of hydrogen-bond donors (Lipinski definition) is 0. The van der Waals surface area contributed by atoms with Gasteiger partial charge in [0.15, 0.2) is 0 Å². The predicted octanol–water partition coefficient (Wildman–Crippen LogP) is 2.74. The normalized spacial score (nSPS) is 10.7. The summed E-state index contributed by atoms with van der Waals surface area (Å²) in [6, 6.07) is 11.1. The predicted molar refractivity (Wildman–Crippen MR) is 98.8 cm³/mol. The molecule has 0 N–H and O–H groups in total. The highest BCUT2D eigenvalue weighted by Crippen LogP contribution is 2.15. The standard InChI is InChI=1S/C20H20N2O4/c1-13-16(20(24)26-3)12-17-18(21-13)9-11-22(19(17)23)10-8-14-4-6-15(25-2)7-5-14/h4-7,9,11-12H,8,10H2,1-3H3. The Balaban J connectivity index is 1.91. The van der Waals surface area contributed by atoms with Crippen LogP contribution in [0.5, 0.6) is 5.75 Å². The number of hydrogen-bond acceptors (Lipinski definition) is 5. The van der Waals surface area contributed by atoms with E-state index in [4.69, 9.17) is 9.47 Å². The third kappa shape index (κ3) is 3.44. The summed E-state index contributed by atoms with van der Waals surface area (Å²) >= 11 is 0. The first-order chi connectivity index (χ1) is 12.5. The Morgan fingerprint density at radius 1 is 1.15 bits per heavy atom. The average molecular weight is 352 g/mol. The van der Waals surface area contributed by atoms with Crippen LogP contribution in [-0.2, 0) is 17.7 Å². The van der Waals surface area contributed by atoms with E-state index in [2.05, 4.69) is 4.98 Å². The average Bonchev–Trinajstić information content (AvgIpc) is 2.67. The minimum absolute atomic E-state index is 0.173. The fourth-order valence-corrected chi connectivity index (χ4v) is 2.84. The van der Waals surface area contributed by atoms with Crippen LogP contribution in [0.2, 0.25) is 0 Å². The van der Waals surface area contributed by atoms with Gasteiger partial charge in [0.05, 0.1) is 36.4 Å². The van der Waals surface area contributed by atoms with Gasteiger partial charge in [0.25, 0.3) is 5.56 Å². The SMILES string of the molecule is COC(=O)c1cc2c(=O)n(CCc3ccc(OC)cc3)ccc2nc1C. The Bertz CT molecular complexity index is 1010. The fraction of sp³-hybridized carbons (Fsp3) is 0.250. The van der Waals surface area contributed by atoms with Crippen molar-refractivity contribution < 1.29 is 14.3 Å². The second-order valence-corrected chi connectivity index (χ2v) is 5.96. The second-order valence-electron chi connectivity index (χ2n) is 5.96. The number of carbonyl (C=O) groups is 1. The number of carbonyl (C=O) groups excluding carboxylic acids is 1. The lowest BCUT2D eigenvalue weighted by molar-refractivity contribution is 0.0599. The Hall–Kier alpha value is -3.15. The maximum Gasteiger partial charge on any atom is 0.339 e. The van der Waals surface area contributed by atoms with Gasteiger partial charge >= 0.3 is 5.97 Å². The largest absolute Gasteiger partial charge is 0.497 e. The lowest BCUT2D eigenvalue weighted by atomic mass is 10.1. The smallest absolute Gasteiger partial charge is 0.339 e. The number of rotatable bonds is 5. The third-order valence-electron chi connectivity index (χ3n) is 4.35. The molecule has 134 valence electrons. The Kier molecular flexibility index (Phi) is 5.02. The summed E-state index contributed by atoms with van der Waals surface area (Å²) in [4.78, 5) is 29.0. The van der Waals surface area contributed by atoms with Crippen molar-refractivity contribution in [1.29, 1.82) is 0 Å². The van der Waals surface area contributed by atoms with Crippen LogP contribution >= 0.6 is 0 Å². The first kappa shape index (κ1) is 17.7. The number of fused-ring (bicyclic) bond motifs is 1. The number of methoxy groups -OCH3 is 2. The van der Waals surface area contributed by atoms with E-state index in [0.717, 1.165) is 11.3 Å². The van der Waals surface area contributed by atoms with Crippen molar-refractivity contribution in [2.24, 2.45) is 0 Å².